The van der Waals surface area contributed by atoms with E-state index in [-0.39, 0.29) is 18.8 Å². The van der Waals surface area contributed by atoms with Gasteiger partial charge in [0, 0.05) is 22.6 Å². The lowest BCUT2D eigenvalue weighted by molar-refractivity contribution is 0.0195. The van der Waals surface area contributed by atoms with Gasteiger partial charge in [-0.25, -0.2) is 9.18 Å². The lowest BCUT2D eigenvalue weighted by atomic mass is 9.90. The van der Waals surface area contributed by atoms with Gasteiger partial charge in [0.05, 0.1) is 50.3 Å². The molecule has 0 spiro atoms. The first-order valence-electron chi connectivity index (χ1n) is 14.2. The summed E-state index contributed by atoms with van der Waals surface area (Å²) in [7, 11) is 0. The van der Waals surface area contributed by atoms with Crippen LogP contribution >= 0.6 is 0 Å². The van der Waals surface area contributed by atoms with E-state index >= 15 is 4.39 Å². The Balaban J connectivity index is 1.58. The molecule has 0 saturated heterocycles. The van der Waals surface area contributed by atoms with Crippen LogP contribution in [0.3, 0.4) is 0 Å². The number of nitrogens with zero attached hydrogens (tertiary/aromatic N) is 1. The summed E-state index contributed by atoms with van der Waals surface area (Å²) in [6.07, 6.45) is -1.58. The van der Waals surface area contributed by atoms with Gasteiger partial charge in [0.1, 0.15) is 11.4 Å². The van der Waals surface area contributed by atoms with Crippen molar-refractivity contribution in [3.05, 3.63) is 102 Å². The summed E-state index contributed by atoms with van der Waals surface area (Å²) in [6.45, 7) is 10.9. The highest BCUT2D eigenvalue weighted by atomic mass is 19.1. The third-order valence-corrected chi connectivity index (χ3v) is 6.71. The zero-order chi connectivity index (χ0) is 30.3. The summed E-state index contributed by atoms with van der Waals surface area (Å²) >= 11 is 0. The highest BCUT2D eigenvalue weighted by Gasteiger charge is 2.28. The molecule has 0 aliphatic rings. The molecular formula is C34H41FN2O5. The van der Waals surface area contributed by atoms with Crippen LogP contribution in [0.5, 0.6) is 0 Å². The van der Waals surface area contributed by atoms with E-state index in [0.717, 1.165) is 16.8 Å². The van der Waals surface area contributed by atoms with Gasteiger partial charge >= 0.3 is 6.09 Å². The maximum atomic E-state index is 15.3. The topological polar surface area (TPSA) is 82.0 Å². The second-order valence-corrected chi connectivity index (χ2v) is 12.2. The van der Waals surface area contributed by atoms with Crippen LogP contribution in [0.2, 0.25) is 0 Å². The number of nitrogens with one attached hydrogen (secondary N) is 1. The molecule has 3 aromatic carbocycles. The Hall–Kier alpha value is -3.72. The third kappa shape index (κ3) is 8.64. The van der Waals surface area contributed by atoms with Crippen molar-refractivity contribution >= 4 is 22.7 Å². The number of benzene rings is 3. The molecule has 2 N–H and O–H groups in total. The Morgan fingerprint density at radius 1 is 0.905 bits per heavy atom. The van der Waals surface area contributed by atoms with Gasteiger partial charge in [-0.05, 0) is 44.0 Å². The molecule has 1 atom stereocenters. The first kappa shape index (κ1) is 31.2. The van der Waals surface area contributed by atoms with Gasteiger partial charge in [0.2, 0.25) is 0 Å². The number of ether oxygens (including phenoxy) is 3. The molecule has 0 bridgehead atoms. The van der Waals surface area contributed by atoms with Crippen molar-refractivity contribution in [2.45, 2.75) is 71.5 Å². The molecule has 8 heteroatoms. The summed E-state index contributed by atoms with van der Waals surface area (Å²) in [6, 6.07) is 24.6. The first-order valence-corrected chi connectivity index (χ1v) is 14.2. The van der Waals surface area contributed by atoms with Gasteiger partial charge < -0.3 is 23.9 Å². The molecule has 0 aliphatic heterocycles. The number of aromatic nitrogens is 1. The number of hydrogen-bond donors (Lipinski definition) is 2. The highest BCUT2D eigenvalue weighted by molar-refractivity contribution is 5.91. The Kier molecular flexibility index (Phi) is 10.0. The van der Waals surface area contributed by atoms with E-state index < -0.39 is 29.0 Å². The van der Waals surface area contributed by atoms with Crippen molar-refractivity contribution in [1.82, 2.24) is 4.57 Å². The number of aliphatic hydroxyl groups is 1. The van der Waals surface area contributed by atoms with Crippen LogP contribution in [-0.4, -0.2) is 40.7 Å². The van der Waals surface area contributed by atoms with Crippen LogP contribution < -0.4 is 5.32 Å². The molecule has 0 unspecified atom stereocenters. The highest BCUT2D eigenvalue weighted by Crippen LogP contribution is 2.33. The molecule has 0 saturated carbocycles. The third-order valence-electron chi connectivity index (χ3n) is 6.71. The van der Waals surface area contributed by atoms with Gasteiger partial charge in [0.15, 0.2) is 0 Å². The first-order chi connectivity index (χ1) is 19.9. The fraction of sp³-hybridized carbons (Fsp3) is 0.382. The lowest BCUT2D eigenvalue weighted by Crippen LogP contribution is -2.30. The number of hydrogen-bond acceptors (Lipinski definition) is 5. The number of amides is 1. The quantitative estimate of drug-likeness (QED) is 0.186. The second-order valence-electron chi connectivity index (χ2n) is 12.2. The van der Waals surface area contributed by atoms with E-state index in [0.29, 0.717) is 30.7 Å². The summed E-state index contributed by atoms with van der Waals surface area (Å²) in [5.41, 5.74) is 2.35. The zero-order valence-corrected chi connectivity index (χ0v) is 25.0. The van der Waals surface area contributed by atoms with Gasteiger partial charge in [-0.2, -0.15) is 0 Å². The minimum atomic E-state index is -0.841. The molecule has 1 aromatic heterocycles. The summed E-state index contributed by atoms with van der Waals surface area (Å²) in [4.78, 5) is 12.4. The molecule has 0 radical (unpaired) electrons. The van der Waals surface area contributed by atoms with Crippen molar-refractivity contribution in [1.29, 1.82) is 0 Å². The number of fused-ring (bicyclic) bond motifs is 1. The van der Waals surface area contributed by atoms with Gasteiger partial charge in [-0.1, -0.05) is 74.5 Å². The van der Waals surface area contributed by atoms with Crippen molar-refractivity contribution in [3.63, 3.8) is 0 Å². The largest absolute Gasteiger partial charge is 0.444 e. The summed E-state index contributed by atoms with van der Waals surface area (Å²) in [5, 5.41) is 14.2. The fourth-order valence-electron chi connectivity index (χ4n) is 4.77. The Morgan fingerprint density at radius 2 is 1.50 bits per heavy atom. The van der Waals surface area contributed by atoms with E-state index in [1.807, 2.05) is 71.3 Å². The number of carbonyl (C=O) groups is 1. The number of carbonyl (C=O) groups excluding carboxylic acids is 1. The van der Waals surface area contributed by atoms with Gasteiger partial charge in [-0.15, -0.1) is 0 Å². The average Bonchev–Trinajstić information content (AvgIpc) is 3.26. The lowest BCUT2D eigenvalue weighted by Gasteiger charge is -2.28. The van der Waals surface area contributed by atoms with Crippen LogP contribution in [0.15, 0.2) is 78.9 Å². The summed E-state index contributed by atoms with van der Waals surface area (Å²) in [5.74, 6) is -0.604. The van der Waals surface area contributed by atoms with E-state index in [4.69, 9.17) is 14.2 Å². The number of halogens is 1. The Labute approximate surface area is 247 Å². The molecule has 1 amide bonds. The van der Waals surface area contributed by atoms with Crippen molar-refractivity contribution in [2.24, 2.45) is 0 Å². The van der Waals surface area contributed by atoms with Gasteiger partial charge in [0.25, 0.3) is 0 Å². The predicted octanol–water partition coefficient (Wildman–Crippen LogP) is 7.20. The maximum Gasteiger partial charge on any atom is 0.412 e. The van der Waals surface area contributed by atoms with Crippen LogP contribution in [0, 0.1) is 5.82 Å². The predicted molar refractivity (Wildman–Crippen MR) is 163 cm³/mol. The Morgan fingerprint density at radius 3 is 2.10 bits per heavy atom. The van der Waals surface area contributed by atoms with Crippen LogP contribution in [0.4, 0.5) is 14.9 Å². The molecule has 224 valence electrons. The second kappa shape index (κ2) is 13.5. The van der Waals surface area contributed by atoms with E-state index in [9.17, 15) is 9.90 Å². The minimum Gasteiger partial charge on any atom is -0.444 e. The number of aliphatic hydroxyl groups excluding tert-OH is 1. The van der Waals surface area contributed by atoms with E-state index in [1.165, 1.54) is 6.07 Å². The molecule has 4 aromatic rings. The number of anilines is 1. The van der Waals surface area contributed by atoms with Crippen LogP contribution in [0.25, 0.3) is 10.9 Å². The molecule has 4 rings (SSSR count). The average molecular weight is 577 g/mol. The maximum absolute atomic E-state index is 15.3. The standard InChI is InChI=1S/C34H41FN2O5/c1-33(2,3)42-32(39)36-29-16-26-17-31(34(4,5)23-41-21-25-14-10-7-11-15-25)37(30(26)18-28(29)35)19-27(38)22-40-20-24-12-8-6-9-13-24/h6-18,27,38H,19-23H2,1-5H3,(H,36,39)/t27-/m1/s1. The van der Waals surface area contributed by atoms with Crippen LogP contribution in [-0.2, 0) is 39.4 Å². The van der Waals surface area contributed by atoms with Crippen molar-refractivity contribution in [3.8, 4) is 0 Å². The molecule has 0 fully saturated rings. The molecular weight excluding hydrogens is 535 g/mol. The smallest absolute Gasteiger partial charge is 0.412 e. The fourth-order valence-corrected chi connectivity index (χ4v) is 4.77. The molecule has 42 heavy (non-hydrogen) atoms. The zero-order valence-electron chi connectivity index (χ0n) is 25.0. The minimum absolute atomic E-state index is 0.0188. The van der Waals surface area contributed by atoms with E-state index in [2.05, 4.69) is 19.2 Å². The number of rotatable bonds is 12. The van der Waals surface area contributed by atoms with Crippen LogP contribution in [0.1, 0.15) is 51.4 Å². The molecule has 7 nitrogen and oxygen atoms in total. The summed E-state index contributed by atoms with van der Waals surface area (Å²) < 4.78 is 34.4. The molecule has 1 heterocycles. The SMILES string of the molecule is CC(C)(C)OC(=O)Nc1cc2cc(C(C)(C)COCc3ccccc3)n(C[C@@H](O)COCc3ccccc3)c2cc1F. The normalized spacial score (nSPS) is 12.8. The van der Waals surface area contributed by atoms with Crippen molar-refractivity contribution < 1.29 is 28.5 Å². The van der Waals surface area contributed by atoms with E-state index in [1.54, 1.807) is 26.8 Å². The van der Waals surface area contributed by atoms with Gasteiger partial charge in [-0.3, -0.25) is 5.32 Å². The Bertz CT molecular complexity index is 1460. The molecule has 0 aliphatic carbocycles. The van der Waals surface area contributed by atoms with Crippen molar-refractivity contribution in [2.75, 3.05) is 18.5 Å². The monoisotopic (exact) mass is 576 g/mol.